The van der Waals surface area contributed by atoms with Gasteiger partial charge < -0.3 is 81.8 Å². The van der Waals surface area contributed by atoms with E-state index in [1.165, 1.54) is 58.5 Å². The number of likely N-dealkylation sites (N-methyl/N-ethyl adjacent to an activating group) is 2. The van der Waals surface area contributed by atoms with Gasteiger partial charge in [0, 0.05) is 45.9 Å². The molecule has 2 aliphatic heterocycles. The third-order valence-electron chi connectivity index (χ3n) is 20.3. The van der Waals surface area contributed by atoms with Gasteiger partial charge in [-0.3, -0.25) is 43.4 Å². The summed E-state index contributed by atoms with van der Waals surface area (Å²) in [6.45, 7) is 32.8. The van der Waals surface area contributed by atoms with Gasteiger partial charge >= 0.3 is 24.3 Å². The first-order valence-electron chi connectivity index (χ1n) is 40.3. The number of nitrogens with zero attached hydrogens (tertiary/aromatic N) is 4. The Kier molecular flexibility index (Phi) is 44.7. The van der Waals surface area contributed by atoms with Crippen LogP contribution in [0.5, 0.6) is 0 Å². The van der Waals surface area contributed by atoms with Gasteiger partial charge in [0.15, 0.2) is 17.5 Å². The summed E-state index contributed by atoms with van der Waals surface area (Å²) in [6.07, 6.45) is 1.91. The third kappa shape index (κ3) is 35.3. The topological polar surface area (TPSA) is 415 Å². The number of rotatable bonds is 26. The Morgan fingerprint density at radius 1 is 0.664 bits per heavy atom. The van der Waals surface area contributed by atoms with Crippen LogP contribution in [0.25, 0.3) is 15.6 Å². The molecule has 12 N–H and O–H groups in total. The summed E-state index contributed by atoms with van der Waals surface area (Å²) in [5, 5.41) is 52.0. The molecule has 4 aromatic rings. The monoisotopic (exact) mass is 1680 g/mol. The lowest BCUT2D eigenvalue weighted by Crippen LogP contribution is -2.64. The number of carbonyl (C=O) groups excluding carboxylic acids is 10. The molecule has 2 saturated heterocycles. The van der Waals surface area contributed by atoms with E-state index in [1.54, 1.807) is 53.6 Å². The highest BCUT2D eigenvalue weighted by atomic mass is 19.4. The average Bonchev–Trinajstić information content (AvgIpc) is 1.75. The van der Waals surface area contributed by atoms with Gasteiger partial charge in [0.1, 0.15) is 60.5 Å². The number of hydrogen-bond donors (Lipinski definition) is 10. The number of carboxylic acids is 1. The van der Waals surface area contributed by atoms with Crippen LogP contribution in [0.1, 0.15) is 222 Å². The van der Waals surface area contributed by atoms with Crippen LogP contribution in [-0.4, -0.2) is 213 Å². The van der Waals surface area contributed by atoms with Crippen LogP contribution < -0.4 is 32.7 Å². The minimum Gasteiger partial charge on any atom is -0.480 e. The summed E-state index contributed by atoms with van der Waals surface area (Å²) in [5.41, 5.74) is 4.05. The highest BCUT2D eigenvalue weighted by Crippen LogP contribution is 2.36. The number of methoxy groups -OCH3 is 1. The van der Waals surface area contributed by atoms with Gasteiger partial charge in [-0.25, -0.2) is 19.2 Å². The maximum Gasteiger partial charge on any atom is 0.411 e. The lowest BCUT2D eigenvalue weighted by molar-refractivity contribution is -0.179. The molecule has 29 nitrogen and oxygen atoms in total. The number of carboxylic acid groups (broad SMARTS) is 1. The van der Waals surface area contributed by atoms with E-state index in [9.17, 15) is 76.1 Å². The quantitative estimate of drug-likeness (QED) is 0.0206. The molecule has 0 bridgehead atoms. The molecule has 4 aliphatic rings. The van der Waals surface area contributed by atoms with Crippen LogP contribution in [0.2, 0.25) is 0 Å². The van der Waals surface area contributed by atoms with Crippen LogP contribution in [0, 0.1) is 24.3 Å². The van der Waals surface area contributed by atoms with Crippen LogP contribution in [0.3, 0.4) is 0 Å². The highest BCUT2D eigenvalue weighted by molar-refractivity contribution is 5.97. The number of ether oxygens (including phenoxy) is 4. The highest BCUT2D eigenvalue weighted by Gasteiger charge is 2.51. The first-order valence-corrected chi connectivity index (χ1v) is 40.3. The Morgan fingerprint density at radius 3 is 1.59 bits per heavy atom. The molecule has 2 fully saturated rings. The molecule has 0 aromatic heterocycles. The normalized spacial score (nSPS) is 19.3. The molecular formula is C87H131F3N10O19. The number of aryl methyl sites for hydroxylation is 2. The van der Waals surface area contributed by atoms with Gasteiger partial charge in [0.25, 0.3) is 5.91 Å². The number of aldehydes is 1. The van der Waals surface area contributed by atoms with Gasteiger partial charge in [-0.15, -0.1) is 0 Å². The van der Waals surface area contributed by atoms with Gasteiger partial charge in [-0.2, -0.15) is 13.2 Å². The number of fused-ring (bicyclic) bond motifs is 4. The smallest absolute Gasteiger partial charge is 0.411 e. The standard InChI is InChI=1S/C31H49N3O7.C24H33N3O4.C13H24N2O6.C11H7N.C6H12O.C2H3F3O.H3N/c1-19(40-8)16-17-23(29(38)32-25-15-11-13-22-12-9-10-14-24(22)25)18-26(36)27(21(3)35)33-28(37)20(2)34(7)30(39)41-31(4,5)6;1-4-14(2)22(28)26-21-15(3)31-20-13-12-19(27(20)24(21)30)23(29)25-18-11-7-9-16-8-5-6-10-17(16)18;1-7(15(6)12(20)21-13(3,4)5)10(17)14-9(8(2)16)11(18)19;1-12-11-8-4-6-9-5-2-3-7-10(9)11;1-6(2)4-3-5-7;3-2(4,5)1-6;/h9-10,12,14,19-21,23,25,27,35H,11,13,15-18H2,1-8H3,(H,32,38)(H,33,37);5-6,8,10,14-15,18-21H,4,7,9,11-13H2,1-3H3,(H,25,29)(H,26,28);7-9,16H,1-6H3,(H,14,17)(H,18,19);2-8H;5-6H,3-4H2,1-2H3;6H,1H2;1H3/t19?,20-,21-,23?,25+,27-;14-,15-,18-,19?,20+,21+;7-,8+,9-;;;;/m010..../s1. The van der Waals surface area contributed by atoms with Crippen LogP contribution in [0.4, 0.5) is 28.4 Å². The number of aliphatic carboxylic acids is 1. The van der Waals surface area contributed by atoms with Crippen molar-refractivity contribution in [2.24, 2.45) is 17.8 Å². The zero-order valence-electron chi connectivity index (χ0n) is 72.6. The van der Waals surface area contributed by atoms with Crippen molar-refractivity contribution in [3.63, 3.8) is 0 Å². The number of ketones is 1. The molecule has 0 saturated carbocycles. The number of aliphatic hydroxyl groups is 3. The van der Waals surface area contributed by atoms with E-state index in [0.717, 1.165) is 89.5 Å². The molecule has 664 valence electrons. The van der Waals surface area contributed by atoms with Crippen molar-refractivity contribution >= 4 is 82.1 Å². The molecule has 8 amide bonds. The van der Waals surface area contributed by atoms with E-state index in [0.29, 0.717) is 38.0 Å². The van der Waals surface area contributed by atoms with E-state index < -0.39 is 126 Å². The number of halogens is 3. The summed E-state index contributed by atoms with van der Waals surface area (Å²) >= 11 is 0. The zero-order chi connectivity index (χ0) is 89.3. The summed E-state index contributed by atoms with van der Waals surface area (Å²) in [7, 11) is 4.40. The Labute approximate surface area is 699 Å². The largest absolute Gasteiger partial charge is 0.480 e. The number of Topliss-reactive ketones (excluding diaryl/α,β-unsaturated/α-hetero) is 1. The number of hydrogen-bond acceptors (Lipinski definition) is 19. The fourth-order valence-electron chi connectivity index (χ4n) is 12.9. The molecule has 119 heavy (non-hydrogen) atoms. The van der Waals surface area contributed by atoms with Crippen molar-refractivity contribution in [1.82, 2.24) is 47.4 Å². The van der Waals surface area contributed by atoms with Crippen molar-refractivity contribution in [1.29, 1.82) is 0 Å². The Morgan fingerprint density at radius 2 is 1.14 bits per heavy atom. The SMILES string of the molecule is CC(C)CCC=O.CC[C@@H](C)C(=O)N[C@@H]1C(=O)N2C(C(=O)N[C@@H]3CCCc4ccccc43)CC[C@@H]2O[C@@H]1C.COC(C)CCC(CC(=O)[C@@H](NC(=O)[C@H](C)N(C)C(=O)OC(C)(C)C)[C@H](C)O)C(=O)N[C@@H]1CCCc2ccccc21.C[C@@H](O)[C@H](NC(=O)[C@H](C)N(C)C(=O)OC(C)(C)C)C(=O)O.N.OCC(F)(F)F.[C-]#[N+]c1cccc2ccccc12. The van der Waals surface area contributed by atoms with Crippen molar-refractivity contribution in [3.05, 3.63) is 125 Å². The second-order valence-corrected chi connectivity index (χ2v) is 32.6. The fourth-order valence-corrected chi connectivity index (χ4v) is 12.9. The molecular weight excluding hydrogens is 1550 g/mol. The molecule has 2 heterocycles. The van der Waals surface area contributed by atoms with E-state index in [2.05, 4.69) is 63.5 Å². The number of aliphatic hydroxyl groups excluding tert-OH is 3. The molecule has 0 radical (unpaired) electrons. The number of alkyl halides is 3. The van der Waals surface area contributed by atoms with Gasteiger partial charge in [0.05, 0.1) is 43.1 Å². The van der Waals surface area contributed by atoms with Crippen LogP contribution in [0.15, 0.2) is 91.0 Å². The summed E-state index contributed by atoms with van der Waals surface area (Å²) in [6, 6.07) is 23.9. The second kappa shape index (κ2) is 50.4. The average molecular weight is 1680 g/mol. The second-order valence-electron chi connectivity index (χ2n) is 32.6. The number of amides is 8. The maximum atomic E-state index is 13.5. The first kappa shape index (κ1) is 105. The van der Waals surface area contributed by atoms with E-state index >= 15 is 0 Å². The number of nitrogens with one attached hydrogen (secondary N) is 5. The van der Waals surface area contributed by atoms with E-state index in [1.807, 2.05) is 100 Å². The Balaban J connectivity index is 0.000000539. The summed E-state index contributed by atoms with van der Waals surface area (Å²) in [4.78, 5) is 143. The molecule has 0 spiro atoms. The van der Waals surface area contributed by atoms with Crippen molar-refractivity contribution in [2.45, 2.75) is 297 Å². The summed E-state index contributed by atoms with van der Waals surface area (Å²) in [5.74, 6) is -4.07. The van der Waals surface area contributed by atoms with E-state index in [4.69, 9.17) is 35.7 Å². The number of benzene rings is 4. The lowest BCUT2D eigenvalue weighted by atomic mass is 9.86. The van der Waals surface area contributed by atoms with Crippen molar-refractivity contribution < 1.29 is 105 Å². The lowest BCUT2D eigenvalue weighted by Gasteiger charge is -2.41. The molecule has 3 unspecified atom stereocenters. The van der Waals surface area contributed by atoms with Crippen LogP contribution in [-0.2, 0) is 74.9 Å². The fraction of sp³-hybridized carbons (Fsp3) is 0.609. The molecule has 4 aromatic carbocycles. The first-order chi connectivity index (χ1) is 55.1. The Hall–Kier alpha value is -9.65. The third-order valence-corrected chi connectivity index (χ3v) is 20.3. The number of carbonyl (C=O) groups is 11. The predicted molar refractivity (Wildman–Crippen MR) is 445 cm³/mol. The summed E-state index contributed by atoms with van der Waals surface area (Å²) < 4.78 is 53.4. The van der Waals surface area contributed by atoms with Crippen molar-refractivity contribution in [3.8, 4) is 0 Å². The van der Waals surface area contributed by atoms with Crippen LogP contribution >= 0.6 is 0 Å². The molecule has 2 aliphatic carbocycles. The minimum atomic E-state index is -4.40. The van der Waals surface area contributed by atoms with Crippen molar-refractivity contribution in [2.75, 3.05) is 27.8 Å². The molecule has 32 heteroatoms. The predicted octanol–water partition coefficient (Wildman–Crippen LogP) is 12.0. The molecule has 8 rings (SSSR count). The molecule has 15 atom stereocenters. The van der Waals surface area contributed by atoms with E-state index in [-0.39, 0.29) is 60.3 Å². The Bertz CT molecular complexity index is 3970. The van der Waals surface area contributed by atoms with Gasteiger partial charge in [-0.1, -0.05) is 119 Å². The zero-order valence-corrected chi connectivity index (χ0v) is 72.6. The van der Waals surface area contributed by atoms with Gasteiger partial charge in [0.2, 0.25) is 29.5 Å². The minimum absolute atomic E-state index is 0. The van der Waals surface area contributed by atoms with Gasteiger partial charge in [-0.05, 0) is 199 Å². The maximum absolute atomic E-state index is 13.5.